The number of hydrogen-bond acceptors (Lipinski definition) is 1. The third-order valence-corrected chi connectivity index (χ3v) is 3.86. The maximum atomic E-state index is 2.47. The lowest BCUT2D eigenvalue weighted by atomic mass is 9.92. The Morgan fingerprint density at radius 2 is 1.63 bits per heavy atom. The minimum Gasteiger partial charge on any atom is -0.361 e. The van der Waals surface area contributed by atoms with Gasteiger partial charge in [-0.05, 0) is 31.1 Å². The molecule has 1 nitrogen and oxygen atoms in total. The molecular formula is C18H19N. The molecule has 0 radical (unpaired) electrons. The summed E-state index contributed by atoms with van der Waals surface area (Å²) in [4.78, 5) is 2.47. The number of rotatable bonds is 2. The number of likely N-dealkylation sites (N-methyl/N-ethyl adjacent to an activating group) is 1. The standard InChI is InChI=1S/C18H19N/c1-3-19-17-12-8-7-11-16(17)14(2)13-18(19)15-9-5-4-6-10-15/h4-13,18H,3H2,1-2H3/t18-/m0/s1. The van der Waals surface area contributed by atoms with E-state index in [0.717, 1.165) is 6.54 Å². The van der Waals surface area contributed by atoms with Gasteiger partial charge in [0.05, 0.1) is 6.04 Å². The van der Waals surface area contributed by atoms with Gasteiger partial charge in [0.25, 0.3) is 0 Å². The predicted octanol–water partition coefficient (Wildman–Crippen LogP) is 4.67. The summed E-state index contributed by atoms with van der Waals surface area (Å²) in [6, 6.07) is 19.8. The quantitative estimate of drug-likeness (QED) is 0.747. The summed E-state index contributed by atoms with van der Waals surface area (Å²) in [5, 5.41) is 0. The molecule has 0 N–H and O–H groups in total. The molecule has 1 aliphatic heterocycles. The first-order chi connectivity index (χ1) is 9.31. The van der Waals surface area contributed by atoms with Crippen molar-refractivity contribution in [3.8, 4) is 0 Å². The Hall–Kier alpha value is -2.02. The van der Waals surface area contributed by atoms with Gasteiger partial charge in [-0.25, -0.2) is 0 Å². The number of para-hydroxylation sites is 1. The Balaban J connectivity index is 2.11. The van der Waals surface area contributed by atoms with Gasteiger partial charge in [0.2, 0.25) is 0 Å². The van der Waals surface area contributed by atoms with Crippen LogP contribution in [-0.4, -0.2) is 6.54 Å². The van der Waals surface area contributed by atoms with Gasteiger partial charge in [-0.15, -0.1) is 0 Å². The number of anilines is 1. The topological polar surface area (TPSA) is 3.24 Å². The Kier molecular flexibility index (Phi) is 3.12. The fourth-order valence-electron chi connectivity index (χ4n) is 2.92. The molecule has 0 amide bonds. The van der Waals surface area contributed by atoms with Gasteiger partial charge in [-0.2, -0.15) is 0 Å². The van der Waals surface area contributed by atoms with Crippen LogP contribution in [0.2, 0.25) is 0 Å². The Labute approximate surface area is 115 Å². The van der Waals surface area contributed by atoms with Gasteiger partial charge in [-0.3, -0.25) is 0 Å². The molecule has 0 fully saturated rings. The second kappa shape index (κ2) is 4.93. The van der Waals surface area contributed by atoms with E-state index in [1.54, 1.807) is 0 Å². The first-order valence-electron chi connectivity index (χ1n) is 6.90. The summed E-state index contributed by atoms with van der Waals surface area (Å²) in [6.45, 7) is 5.45. The van der Waals surface area contributed by atoms with E-state index in [1.165, 1.54) is 22.4 Å². The highest BCUT2D eigenvalue weighted by Gasteiger charge is 2.24. The van der Waals surface area contributed by atoms with E-state index in [-0.39, 0.29) is 0 Å². The second-order valence-corrected chi connectivity index (χ2v) is 5.01. The number of hydrogen-bond donors (Lipinski definition) is 0. The van der Waals surface area contributed by atoms with Gasteiger partial charge in [0, 0.05) is 17.8 Å². The average molecular weight is 249 g/mol. The van der Waals surface area contributed by atoms with Crippen LogP contribution in [0, 0.1) is 0 Å². The molecule has 0 aliphatic carbocycles. The lowest BCUT2D eigenvalue weighted by molar-refractivity contribution is 0.738. The van der Waals surface area contributed by atoms with Crippen molar-refractivity contribution in [1.82, 2.24) is 0 Å². The van der Waals surface area contributed by atoms with Crippen LogP contribution in [0.3, 0.4) is 0 Å². The predicted molar refractivity (Wildman–Crippen MR) is 82.3 cm³/mol. The average Bonchev–Trinajstić information content (AvgIpc) is 2.48. The molecule has 1 atom stereocenters. The highest BCUT2D eigenvalue weighted by atomic mass is 15.2. The third kappa shape index (κ3) is 2.06. The third-order valence-electron chi connectivity index (χ3n) is 3.86. The molecule has 1 heteroatoms. The lowest BCUT2D eigenvalue weighted by Crippen LogP contribution is -2.30. The molecule has 0 aromatic heterocycles. The molecular weight excluding hydrogens is 230 g/mol. The van der Waals surface area contributed by atoms with Crippen LogP contribution in [0.1, 0.15) is 31.0 Å². The van der Waals surface area contributed by atoms with Crippen LogP contribution in [0.5, 0.6) is 0 Å². The van der Waals surface area contributed by atoms with Crippen LogP contribution in [0.15, 0.2) is 60.7 Å². The Bertz CT molecular complexity index is 598. The number of allylic oxidation sites excluding steroid dienone is 1. The van der Waals surface area contributed by atoms with Crippen LogP contribution < -0.4 is 4.90 Å². The summed E-state index contributed by atoms with van der Waals surface area (Å²) in [6.07, 6.45) is 2.38. The molecule has 1 heterocycles. The summed E-state index contributed by atoms with van der Waals surface area (Å²) >= 11 is 0. The SMILES string of the molecule is CCN1c2ccccc2C(C)=C[C@H]1c1ccccc1. The van der Waals surface area contributed by atoms with Crippen molar-refractivity contribution in [3.63, 3.8) is 0 Å². The van der Waals surface area contributed by atoms with Crippen LogP contribution >= 0.6 is 0 Å². The zero-order valence-electron chi connectivity index (χ0n) is 11.5. The van der Waals surface area contributed by atoms with Crippen LogP contribution in [0.25, 0.3) is 5.57 Å². The van der Waals surface area contributed by atoms with E-state index in [2.05, 4.69) is 79.4 Å². The molecule has 0 unspecified atom stereocenters. The van der Waals surface area contributed by atoms with Crippen LogP contribution in [-0.2, 0) is 0 Å². The van der Waals surface area contributed by atoms with Crippen molar-refractivity contribution >= 4 is 11.3 Å². The number of fused-ring (bicyclic) bond motifs is 1. The lowest BCUT2D eigenvalue weighted by Gasteiger charge is -2.37. The minimum atomic E-state index is 0.348. The second-order valence-electron chi connectivity index (χ2n) is 5.01. The summed E-state index contributed by atoms with van der Waals surface area (Å²) < 4.78 is 0. The molecule has 2 aromatic carbocycles. The molecule has 0 saturated heterocycles. The molecule has 3 rings (SSSR count). The summed E-state index contributed by atoms with van der Waals surface area (Å²) in [5.74, 6) is 0. The van der Waals surface area contributed by atoms with E-state index < -0.39 is 0 Å². The highest BCUT2D eigenvalue weighted by molar-refractivity contribution is 5.80. The number of nitrogens with zero attached hydrogens (tertiary/aromatic N) is 1. The Morgan fingerprint density at radius 3 is 2.37 bits per heavy atom. The maximum absolute atomic E-state index is 2.47. The van der Waals surface area contributed by atoms with Gasteiger partial charge in [0.1, 0.15) is 0 Å². The minimum absolute atomic E-state index is 0.348. The van der Waals surface area contributed by atoms with Crippen LogP contribution in [0.4, 0.5) is 5.69 Å². The normalized spacial score (nSPS) is 17.9. The van der Waals surface area contributed by atoms with E-state index in [0.29, 0.717) is 6.04 Å². The fourth-order valence-corrected chi connectivity index (χ4v) is 2.92. The molecule has 2 aromatic rings. The van der Waals surface area contributed by atoms with E-state index in [1.807, 2.05) is 0 Å². The number of benzene rings is 2. The fraction of sp³-hybridized carbons (Fsp3) is 0.222. The maximum Gasteiger partial charge on any atom is 0.0732 e. The summed E-state index contributed by atoms with van der Waals surface area (Å²) in [7, 11) is 0. The smallest absolute Gasteiger partial charge is 0.0732 e. The van der Waals surface area contributed by atoms with Gasteiger partial charge in [-0.1, -0.05) is 54.6 Å². The van der Waals surface area contributed by atoms with Gasteiger partial charge in [0.15, 0.2) is 0 Å². The largest absolute Gasteiger partial charge is 0.361 e. The van der Waals surface area contributed by atoms with Crippen molar-refractivity contribution in [3.05, 3.63) is 71.8 Å². The van der Waals surface area contributed by atoms with E-state index in [9.17, 15) is 0 Å². The molecule has 19 heavy (non-hydrogen) atoms. The Morgan fingerprint density at radius 1 is 0.947 bits per heavy atom. The monoisotopic (exact) mass is 249 g/mol. The van der Waals surface area contributed by atoms with Gasteiger partial charge < -0.3 is 4.90 Å². The first kappa shape index (κ1) is 12.0. The van der Waals surface area contributed by atoms with Crippen molar-refractivity contribution in [2.45, 2.75) is 19.9 Å². The first-order valence-corrected chi connectivity index (χ1v) is 6.90. The molecule has 1 aliphatic rings. The van der Waals surface area contributed by atoms with E-state index in [4.69, 9.17) is 0 Å². The summed E-state index contributed by atoms with van der Waals surface area (Å²) in [5.41, 5.74) is 5.43. The molecule has 0 bridgehead atoms. The van der Waals surface area contributed by atoms with Gasteiger partial charge >= 0.3 is 0 Å². The molecule has 96 valence electrons. The van der Waals surface area contributed by atoms with Crippen molar-refractivity contribution in [1.29, 1.82) is 0 Å². The molecule has 0 saturated carbocycles. The van der Waals surface area contributed by atoms with Crippen molar-refractivity contribution in [2.75, 3.05) is 11.4 Å². The highest BCUT2D eigenvalue weighted by Crippen LogP contribution is 2.39. The molecule has 0 spiro atoms. The van der Waals surface area contributed by atoms with Crippen molar-refractivity contribution in [2.24, 2.45) is 0 Å². The zero-order chi connectivity index (χ0) is 13.2. The van der Waals surface area contributed by atoms with E-state index >= 15 is 0 Å². The van der Waals surface area contributed by atoms with Crippen molar-refractivity contribution < 1.29 is 0 Å². The zero-order valence-corrected chi connectivity index (χ0v) is 11.5.